The van der Waals surface area contributed by atoms with Gasteiger partial charge in [0.1, 0.15) is 11.6 Å². The lowest BCUT2D eigenvalue weighted by molar-refractivity contribution is 0.425. The maximum Gasteiger partial charge on any atom is 0.191 e. The third kappa shape index (κ3) is 3.05. The van der Waals surface area contributed by atoms with Crippen LogP contribution < -0.4 is 16.2 Å². The van der Waals surface area contributed by atoms with Gasteiger partial charge in [0.05, 0.1) is 0 Å². The second-order valence-electron chi connectivity index (χ2n) is 4.65. The van der Waals surface area contributed by atoms with Crippen molar-refractivity contribution in [2.24, 2.45) is 5.84 Å². The van der Waals surface area contributed by atoms with Crippen molar-refractivity contribution in [2.45, 2.75) is 43.3 Å². The number of hydrogen-bond acceptors (Lipinski definition) is 6. The van der Waals surface area contributed by atoms with Crippen LogP contribution in [0.25, 0.3) is 0 Å². The minimum atomic E-state index is 0.592. The molecule has 0 saturated heterocycles. The molecule has 0 radical (unpaired) electrons. The van der Waals surface area contributed by atoms with Crippen molar-refractivity contribution in [3.8, 4) is 0 Å². The van der Waals surface area contributed by atoms with Gasteiger partial charge in [-0.05, 0) is 19.1 Å². The Morgan fingerprint density at radius 2 is 2.06 bits per heavy atom. The van der Waals surface area contributed by atoms with E-state index in [1.165, 1.54) is 43.9 Å². The number of nitrogen functional groups attached to an aromatic ring is 1. The van der Waals surface area contributed by atoms with Gasteiger partial charge in [0.2, 0.25) is 0 Å². The molecule has 3 N–H and O–H groups in total. The van der Waals surface area contributed by atoms with Gasteiger partial charge in [0.15, 0.2) is 5.16 Å². The Labute approximate surface area is 113 Å². The summed E-state index contributed by atoms with van der Waals surface area (Å²) in [5, 5.41) is 0.753. The van der Waals surface area contributed by atoms with Crippen molar-refractivity contribution in [1.29, 1.82) is 0 Å². The number of hydrogen-bond donors (Lipinski definition) is 2. The summed E-state index contributed by atoms with van der Waals surface area (Å²) in [4.78, 5) is 11.1. The Morgan fingerprint density at radius 3 is 2.67 bits per heavy atom. The molecule has 1 aliphatic rings. The van der Waals surface area contributed by atoms with E-state index in [0.717, 1.165) is 11.0 Å². The standard InChI is InChI=1S/C12H21N5S/c1-17(9-6-4-3-5-7-9)11-8-10(16-13)14-12(15-11)18-2/h8-9H,3-7,13H2,1-2H3,(H,14,15,16). The zero-order valence-corrected chi connectivity index (χ0v) is 11.8. The summed E-state index contributed by atoms with van der Waals surface area (Å²) >= 11 is 1.53. The molecule has 1 saturated carbocycles. The Kier molecular flexibility index (Phi) is 4.66. The summed E-state index contributed by atoms with van der Waals surface area (Å²) in [6.45, 7) is 0. The van der Waals surface area contributed by atoms with E-state index >= 15 is 0 Å². The van der Waals surface area contributed by atoms with Crippen molar-refractivity contribution in [1.82, 2.24) is 9.97 Å². The molecule has 0 aromatic carbocycles. The molecule has 1 heterocycles. The zero-order valence-electron chi connectivity index (χ0n) is 11.0. The molecule has 1 aliphatic carbocycles. The summed E-state index contributed by atoms with van der Waals surface area (Å²) in [5.74, 6) is 7.08. The quantitative estimate of drug-likeness (QED) is 0.377. The summed E-state index contributed by atoms with van der Waals surface area (Å²) in [5.41, 5.74) is 2.61. The van der Waals surface area contributed by atoms with Crippen molar-refractivity contribution < 1.29 is 0 Å². The van der Waals surface area contributed by atoms with Gasteiger partial charge in [-0.15, -0.1) is 0 Å². The smallest absolute Gasteiger partial charge is 0.191 e. The average Bonchev–Trinajstić information content (AvgIpc) is 2.46. The second kappa shape index (κ2) is 6.24. The minimum absolute atomic E-state index is 0.592. The van der Waals surface area contributed by atoms with Crippen LogP contribution in [0.4, 0.5) is 11.6 Å². The monoisotopic (exact) mass is 267 g/mol. The molecule has 5 nitrogen and oxygen atoms in total. The molecule has 0 spiro atoms. The molecule has 1 fully saturated rings. The first kappa shape index (κ1) is 13.4. The first-order valence-corrected chi connectivity index (χ1v) is 7.59. The minimum Gasteiger partial charge on any atom is -0.356 e. The number of nitrogens with zero attached hydrogens (tertiary/aromatic N) is 3. The summed E-state index contributed by atoms with van der Waals surface area (Å²) in [6.07, 6.45) is 8.47. The zero-order chi connectivity index (χ0) is 13.0. The van der Waals surface area contributed by atoms with E-state index in [2.05, 4.69) is 27.3 Å². The predicted octanol–water partition coefficient (Wildman–Crippen LogP) is 2.25. The molecule has 18 heavy (non-hydrogen) atoms. The van der Waals surface area contributed by atoms with Gasteiger partial charge >= 0.3 is 0 Å². The average molecular weight is 267 g/mol. The van der Waals surface area contributed by atoms with Crippen LogP contribution in [-0.2, 0) is 0 Å². The molecule has 0 aliphatic heterocycles. The van der Waals surface area contributed by atoms with Crippen LogP contribution in [0.1, 0.15) is 32.1 Å². The van der Waals surface area contributed by atoms with Gasteiger partial charge < -0.3 is 10.3 Å². The van der Waals surface area contributed by atoms with Crippen molar-refractivity contribution in [2.75, 3.05) is 23.6 Å². The molecule has 100 valence electrons. The van der Waals surface area contributed by atoms with Crippen LogP contribution in [-0.4, -0.2) is 29.3 Å². The number of anilines is 2. The van der Waals surface area contributed by atoms with E-state index in [1.807, 2.05) is 12.3 Å². The molecule has 0 bridgehead atoms. The van der Waals surface area contributed by atoms with E-state index < -0.39 is 0 Å². The van der Waals surface area contributed by atoms with Gasteiger partial charge in [-0.2, -0.15) is 0 Å². The lowest BCUT2D eigenvalue weighted by Crippen LogP contribution is -2.34. The summed E-state index contributed by atoms with van der Waals surface area (Å²) < 4.78 is 0. The fraction of sp³-hybridized carbons (Fsp3) is 0.667. The van der Waals surface area contributed by atoms with Crippen LogP contribution >= 0.6 is 11.8 Å². The number of aromatic nitrogens is 2. The molecule has 1 aromatic heterocycles. The molecule has 0 atom stereocenters. The maximum absolute atomic E-state index is 5.45. The van der Waals surface area contributed by atoms with Crippen LogP contribution in [0.15, 0.2) is 11.2 Å². The lowest BCUT2D eigenvalue weighted by Gasteiger charge is -2.32. The SMILES string of the molecule is CSc1nc(NN)cc(N(C)C2CCCCC2)n1. The molecule has 0 unspecified atom stereocenters. The number of hydrazine groups is 1. The van der Waals surface area contributed by atoms with E-state index in [4.69, 9.17) is 5.84 Å². The van der Waals surface area contributed by atoms with Crippen molar-refractivity contribution in [3.63, 3.8) is 0 Å². The fourth-order valence-corrected chi connectivity index (χ4v) is 2.79. The topological polar surface area (TPSA) is 67.1 Å². The van der Waals surface area contributed by atoms with Crippen LogP contribution in [0.2, 0.25) is 0 Å². The predicted molar refractivity (Wildman–Crippen MR) is 76.9 cm³/mol. The van der Waals surface area contributed by atoms with Gasteiger partial charge in [-0.3, -0.25) is 0 Å². The van der Waals surface area contributed by atoms with Crippen LogP contribution in [0.5, 0.6) is 0 Å². The Hall–Kier alpha value is -1.01. The second-order valence-corrected chi connectivity index (χ2v) is 5.42. The van der Waals surface area contributed by atoms with Gasteiger partial charge in [0, 0.05) is 19.2 Å². The third-order valence-electron chi connectivity index (χ3n) is 3.51. The van der Waals surface area contributed by atoms with Gasteiger partial charge in [-0.25, -0.2) is 15.8 Å². The number of rotatable bonds is 4. The Balaban J connectivity index is 2.19. The van der Waals surface area contributed by atoms with Gasteiger partial charge in [-0.1, -0.05) is 31.0 Å². The molecule has 6 heteroatoms. The van der Waals surface area contributed by atoms with E-state index in [0.29, 0.717) is 11.9 Å². The molecule has 1 aromatic rings. The lowest BCUT2D eigenvalue weighted by atomic mass is 9.94. The Bertz CT molecular complexity index is 370. The molecular formula is C12H21N5S. The van der Waals surface area contributed by atoms with Gasteiger partial charge in [0.25, 0.3) is 0 Å². The highest BCUT2D eigenvalue weighted by molar-refractivity contribution is 7.98. The van der Waals surface area contributed by atoms with Crippen LogP contribution in [0.3, 0.4) is 0 Å². The normalized spacial score (nSPS) is 16.6. The highest BCUT2D eigenvalue weighted by Crippen LogP contribution is 2.27. The number of nitrogens with two attached hydrogens (primary N) is 1. The Morgan fingerprint density at radius 1 is 1.33 bits per heavy atom. The number of nitrogens with one attached hydrogen (secondary N) is 1. The highest BCUT2D eigenvalue weighted by Gasteiger charge is 2.20. The fourth-order valence-electron chi connectivity index (χ4n) is 2.41. The van der Waals surface area contributed by atoms with Crippen molar-refractivity contribution >= 4 is 23.4 Å². The first-order chi connectivity index (χ1) is 8.74. The number of thioether (sulfide) groups is 1. The third-order valence-corrected chi connectivity index (χ3v) is 4.05. The van der Waals surface area contributed by atoms with Crippen LogP contribution in [0, 0.1) is 0 Å². The van der Waals surface area contributed by atoms with E-state index in [-0.39, 0.29) is 0 Å². The van der Waals surface area contributed by atoms with E-state index in [9.17, 15) is 0 Å². The van der Waals surface area contributed by atoms with E-state index in [1.54, 1.807) is 0 Å². The largest absolute Gasteiger partial charge is 0.356 e. The highest BCUT2D eigenvalue weighted by atomic mass is 32.2. The molecule has 0 amide bonds. The summed E-state index contributed by atoms with van der Waals surface area (Å²) in [6, 6.07) is 2.50. The molecular weight excluding hydrogens is 246 g/mol. The molecule has 2 rings (SSSR count). The maximum atomic E-state index is 5.45. The first-order valence-electron chi connectivity index (χ1n) is 6.37. The van der Waals surface area contributed by atoms with Crippen molar-refractivity contribution in [3.05, 3.63) is 6.07 Å². The summed E-state index contributed by atoms with van der Waals surface area (Å²) in [7, 11) is 2.11.